The highest BCUT2D eigenvalue weighted by molar-refractivity contribution is 6.31. The Labute approximate surface area is 117 Å². The van der Waals surface area contributed by atoms with Crippen LogP contribution in [-0.4, -0.2) is 18.1 Å². The molecule has 2 rings (SSSR count). The van der Waals surface area contributed by atoms with Crippen LogP contribution in [0.5, 0.6) is 5.75 Å². The molecule has 98 valence electrons. The first kappa shape index (κ1) is 13.4. The molecule has 2 aromatic rings. The number of phenols is 1. The summed E-state index contributed by atoms with van der Waals surface area (Å²) < 4.78 is 0. The third kappa shape index (κ3) is 2.88. The van der Waals surface area contributed by atoms with E-state index in [9.17, 15) is 9.90 Å². The van der Waals surface area contributed by atoms with Gasteiger partial charge in [0.05, 0.1) is 5.56 Å². The fourth-order valence-corrected chi connectivity index (χ4v) is 1.99. The van der Waals surface area contributed by atoms with Gasteiger partial charge in [0.2, 0.25) is 0 Å². The maximum Gasteiger partial charge on any atom is 0.261 e. The van der Waals surface area contributed by atoms with Crippen molar-refractivity contribution in [3.8, 4) is 5.75 Å². The summed E-state index contributed by atoms with van der Waals surface area (Å²) in [5, 5.41) is 10.2. The van der Waals surface area contributed by atoms with Crippen LogP contribution in [0, 0.1) is 6.92 Å². The van der Waals surface area contributed by atoms with E-state index in [1.807, 2.05) is 31.2 Å². The lowest BCUT2D eigenvalue weighted by Crippen LogP contribution is -2.26. The SMILES string of the molecule is Cc1cccc(N(C)C(=O)c2ccc(Cl)cc2O)c1. The molecule has 0 spiro atoms. The summed E-state index contributed by atoms with van der Waals surface area (Å²) in [5.41, 5.74) is 2.07. The summed E-state index contributed by atoms with van der Waals surface area (Å²) in [7, 11) is 1.67. The number of halogens is 1. The van der Waals surface area contributed by atoms with Crippen LogP contribution in [0.1, 0.15) is 15.9 Å². The smallest absolute Gasteiger partial charge is 0.261 e. The van der Waals surface area contributed by atoms with Crippen LogP contribution in [0.25, 0.3) is 0 Å². The van der Waals surface area contributed by atoms with Crippen LogP contribution >= 0.6 is 11.6 Å². The van der Waals surface area contributed by atoms with Crippen molar-refractivity contribution >= 4 is 23.2 Å². The molecule has 0 saturated carbocycles. The number of aromatic hydroxyl groups is 1. The molecule has 4 heteroatoms. The van der Waals surface area contributed by atoms with E-state index in [1.54, 1.807) is 13.1 Å². The second kappa shape index (κ2) is 5.33. The van der Waals surface area contributed by atoms with Crippen LogP contribution < -0.4 is 4.90 Å². The highest BCUT2D eigenvalue weighted by Gasteiger charge is 2.17. The molecule has 0 aromatic heterocycles. The molecule has 19 heavy (non-hydrogen) atoms. The van der Waals surface area contributed by atoms with Gasteiger partial charge in [-0.05, 0) is 42.8 Å². The normalized spacial score (nSPS) is 10.3. The van der Waals surface area contributed by atoms with Crippen molar-refractivity contribution in [2.24, 2.45) is 0 Å². The quantitative estimate of drug-likeness (QED) is 0.909. The van der Waals surface area contributed by atoms with Gasteiger partial charge in [-0.25, -0.2) is 0 Å². The van der Waals surface area contributed by atoms with Gasteiger partial charge in [0.1, 0.15) is 5.75 Å². The fraction of sp³-hybridized carbons (Fsp3) is 0.133. The molecule has 0 radical (unpaired) electrons. The first-order valence-electron chi connectivity index (χ1n) is 5.82. The van der Waals surface area contributed by atoms with Gasteiger partial charge in [0.25, 0.3) is 5.91 Å². The molecular weight excluding hydrogens is 262 g/mol. The third-order valence-corrected chi connectivity index (χ3v) is 3.12. The van der Waals surface area contributed by atoms with Crippen molar-refractivity contribution < 1.29 is 9.90 Å². The minimum atomic E-state index is -0.278. The second-order valence-corrected chi connectivity index (χ2v) is 4.80. The molecule has 0 unspecified atom stereocenters. The first-order valence-corrected chi connectivity index (χ1v) is 6.20. The van der Waals surface area contributed by atoms with Crippen molar-refractivity contribution in [3.05, 3.63) is 58.6 Å². The number of amides is 1. The molecule has 3 nitrogen and oxygen atoms in total. The zero-order valence-corrected chi connectivity index (χ0v) is 11.5. The molecule has 0 fully saturated rings. The molecule has 0 aliphatic heterocycles. The largest absolute Gasteiger partial charge is 0.507 e. The summed E-state index contributed by atoms with van der Waals surface area (Å²) in [6.07, 6.45) is 0. The number of hydrogen-bond donors (Lipinski definition) is 1. The number of carbonyl (C=O) groups is 1. The average molecular weight is 276 g/mol. The number of anilines is 1. The molecule has 0 saturated heterocycles. The zero-order valence-electron chi connectivity index (χ0n) is 10.7. The van der Waals surface area contributed by atoms with Crippen molar-refractivity contribution in [1.29, 1.82) is 0 Å². The van der Waals surface area contributed by atoms with Gasteiger partial charge in [-0.3, -0.25) is 4.79 Å². The summed E-state index contributed by atoms with van der Waals surface area (Å²) >= 11 is 5.75. The number of rotatable bonds is 2. The van der Waals surface area contributed by atoms with Crippen molar-refractivity contribution in [2.75, 3.05) is 11.9 Å². The molecule has 0 atom stereocenters. The summed E-state index contributed by atoms with van der Waals surface area (Å²) in [5.74, 6) is -0.392. The van der Waals surface area contributed by atoms with Crippen LogP contribution in [0.15, 0.2) is 42.5 Å². The van der Waals surface area contributed by atoms with E-state index in [-0.39, 0.29) is 17.2 Å². The van der Waals surface area contributed by atoms with Crippen molar-refractivity contribution in [2.45, 2.75) is 6.92 Å². The molecule has 2 aromatic carbocycles. The van der Waals surface area contributed by atoms with Crippen molar-refractivity contribution in [3.63, 3.8) is 0 Å². The van der Waals surface area contributed by atoms with E-state index in [1.165, 1.54) is 17.0 Å². The number of carbonyl (C=O) groups excluding carboxylic acids is 1. The van der Waals surface area contributed by atoms with Crippen LogP contribution in [0.2, 0.25) is 5.02 Å². The van der Waals surface area contributed by atoms with E-state index in [0.29, 0.717) is 5.02 Å². The van der Waals surface area contributed by atoms with E-state index < -0.39 is 0 Å². The monoisotopic (exact) mass is 275 g/mol. The maximum atomic E-state index is 12.3. The van der Waals surface area contributed by atoms with Gasteiger partial charge in [0, 0.05) is 17.8 Å². The standard InChI is InChI=1S/C15H14ClNO2/c1-10-4-3-5-12(8-10)17(2)15(19)13-7-6-11(16)9-14(13)18/h3-9,18H,1-2H3. The zero-order chi connectivity index (χ0) is 14.0. The molecule has 1 amide bonds. The minimum Gasteiger partial charge on any atom is -0.507 e. The van der Waals surface area contributed by atoms with Gasteiger partial charge in [-0.2, -0.15) is 0 Å². The lowest BCUT2D eigenvalue weighted by Gasteiger charge is -2.18. The molecule has 0 heterocycles. The number of benzene rings is 2. The van der Waals surface area contributed by atoms with Gasteiger partial charge in [0.15, 0.2) is 0 Å². The third-order valence-electron chi connectivity index (χ3n) is 2.88. The summed E-state index contributed by atoms with van der Waals surface area (Å²) in [4.78, 5) is 13.8. The second-order valence-electron chi connectivity index (χ2n) is 4.36. The van der Waals surface area contributed by atoms with Crippen molar-refractivity contribution in [1.82, 2.24) is 0 Å². The number of phenolic OH excluding ortho intramolecular Hbond substituents is 1. The van der Waals surface area contributed by atoms with Crippen LogP contribution in [0.3, 0.4) is 0 Å². The number of hydrogen-bond acceptors (Lipinski definition) is 2. The Balaban J connectivity index is 2.33. The van der Waals surface area contributed by atoms with E-state index in [0.717, 1.165) is 11.3 Å². The Kier molecular flexibility index (Phi) is 3.76. The Bertz CT molecular complexity index is 625. The number of aryl methyl sites for hydroxylation is 1. The Morgan fingerprint density at radius 2 is 1.95 bits per heavy atom. The predicted octanol–water partition coefficient (Wildman–Crippen LogP) is 3.63. The van der Waals surface area contributed by atoms with Crippen LogP contribution in [-0.2, 0) is 0 Å². The van der Waals surface area contributed by atoms with E-state index >= 15 is 0 Å². The average Bonchev–Trinajstić information content (AvgIpc) is 2.37. The van der Waals surface area contributed by atoms with Gasteiger partial charge < -0.3 is 10.0 Å². The Morgan fingerprint density at radius 3 is 2.58 bits per heavy atom. The van der Waals surface area contributed by atoms with Gasteiger partial charge in [-0.15, -0.1) is 0 Å². The summed E-state index contributed by atoms with van der Waals surface area (Å²) in [6, 6.07) is 12.1. The predicted molar refractivity (Wildman–Crippen MR) is 77.0 cm³/mol. The molecule has 0 aliphatic rings. The highest BCUT2D eigenvalue weighted by Crippen LogP contribution is 2.25. The summed E-state index contributed by atoms with van der Waals surface area (Å²) in [6.45, 7) is 1.96. The Hall–Kier alpha value is -2.00. The number of nitrogens with zero attached hydrogens (tertiary/aromatic N) is 1. The molecule has 0 bridgehead atoms. The highest BCUT2D eigenvalue weighted by atomic mass is 35.5. The fourth-order valence-electron chi connectivity index (χ4n) is 1.82. The lowest BCUT2D eigenvalue weighted by molar-refractivity contribution is 0.0990. The van der Waals surface area contributed by atoms with Crippen LogP contribution in [0.4, 0.5) is 5.69 Å². The molecular formula is C15H14ClNO2. The van der Waals surface area contributed by atoms with E-state index in [2.05, 4.69) is 0 Å². The lowest BCUT2D eigenvalue weighted by atomic mass is 10.1. The topological polar surface area (TPSA) is 40.5 Å². The van der Waals surface area contributed by atoms with Gasteiger partial charge >= 0.3 is 0 Å². The van der Waals surface area contributed by atoms with Gasteiger partial charge in [-0.1, -0.05) is 23.7 Å². The minimum absolute atomic E-state index is 0.114. The molecule has 0 aliphatic carbocycles. The molecule has 1 N–H and O–H groups in total. The van der Waals surface area contributed by atoms with E-state index in [4.69, 9.17) is 11.6 Å². The maximum absolute atomic E-state index is 12.3. The Morgan fingerprint density at radius 1 is 1.21 bits per heavy atom. The first-order chi connectivity index (χ1) is 8.99.